The molecule has 1 aliphatic rings. The second-order valence-electron chi connectivity index (χ2n) is 8.30. The number of aromatic hydroxyl groups is 1. The molecule has 0 saturated heterocycles. The Morgan fingerprint density at radius 1 is 0.743 bits per heavy atom. The predicted molar refractivity (Wildman–Crippen MR) is 132 cm³/mol. The highest BCUT2D eigenvalue weighted by Crippen LogP contribution is 2.41. The minimum Gasteiger partial charge on any atom is -0.508 e. The maximum Gasteiger partial charge on any atom is 0.270 e. The highest BCUT2D eigenvalue weighted by molar-refractivity contribution is 6.22. The number of rotatable bonds is 4. The largest absolute Gasteiger partial charge is 0.508 e. The lowest BCUT2D eigenvalue weighted by molar-refractivity contribution is -0.384. The molecule has 168 valence electrons. The number of nitrogens with one attached hydrogen (secondary N) is 1. The van der Waals surface area contributed by atoms with Gasteiger partial charge in [-0.1, -0.05) is 42.5 Å². The van der Waals surface area contributed by atoms with Gasteiger partial charge in [-0.3, -0.25) is 14.9 Å². The molecule has 0 bridgehead atoms. The summed E-state index contributed by atoms with van der Waals surface area (Å²) in [6, 6.07) is 26.5. The summed E-state index contributed by atoms with van der Waals surface area (Å²) in [6.45, 7) is 0. The van der Waals surface area contributed by atoms with Crippen molar-refractivity contribution in [1.82, 2.24) is 9.97 Å². The number of fused-ring (bicyclic) bond motifs is 3. The van der Waals surface area contributed by atoms with Crippen LogP contribution in [0.2, 0.25) is 0 Å². The van der Waals surface area contributed by atoms with Crippen molar-refractivity contribution >= 4 is 11.5 Å². The average molecular weight is 459 g/mol. The summed E-state index contributed by atoms with van der Waals surface area (Å²) >= 11 is 0. The first-order chi connectivity index (χ1) is 17.0. The third-order valence-electron chi connectivity index (χ3n) is 6.19. The van der Waals surface area contributed by atoms with Gasteiger partial charge in [-0.2, -0.15) is 0 Å². The number of imidazole rings is 1. The Kier molecular flexibility index (Phi) is 4.57. The Labute approximate surface area is 199 Å². The molecular formula is C28H17N3O4. The van der Waals surface area contributed by atoms with E-state index in [1.807, 2.05) is 42.5 Å². The van der Waals surface area contributed by atoms with Gasteiger partial charge in [0.2, 0.25) is 0 Å². The lowest BCUT2D eigenvalue weighted by Gasteiger charge is -2.06. The van der Waals surface area contributed by atoms with Gasteiger partial charge in [-0.15, -0.1) is 0 Å². The minimum atomic E-state index is -0.497. The Hall–Kier alpha value is -5.04. The number of carbonyl (C=O) groups excluding carboxylic acids is 1. The van der Waals surface area contributed by atoms with Crippen molar-refractivity contribution < 1.29 is 14.8 Å². The van der Waals surface area contributed by atoms with Gasteiger partial charge in [0.1, 0.15) is 11.6 Å². The molecule has 0 atom stereocenters. The van der Waals surface area contributed by atoms with Crippen LogP contribution in [-0.4, -0.2) is 25.8 Å². The van der Waals surface area contributed by atoms with Crippen LogP contribution in [0.25, 0.3) is 45.0 Å². The van der Waals surface area contributed by atoms with Crippen LogP contribution >= 0.6 is 0 Å². The number of carbonyl (C=O) groups is 1. The molecule has 4 aromatic carbocycles. The number of hydrogen-bond donors (Lipinski definition) is 2. The van der Waals surface area contributed by atoms with Gasteiger partial charge in [0, 0.05) is 39.9 Å². The molecule has 7 nitrogen and oxygen atoms in total. The van der Waals surface area contributed by atoms with E-state index in [2.05, 4.69) is 4.98 Å². The number of phenolic OH excluding ortho intramolecular Hbond substituents is 1. The Morgan fingerprint density at radius 2 is 1.40 bits per heavy atom. The van der Waals surface area contributed by atoms with E-state index in [-0.39, 0.29) is 17.2 Å². The van der Waals surface area contributed by atoms with E-state index in [9.17, 15) is 20.0 Å². The van der Waals surface area contributed by atoms with Crippen LogP contribution in [0.3, 0.4) is 0 Å². The molecule has 7 heteroatoms. The first kappa shape index (κ1) is 20.6. The van der Waals surface area contributed by atoms with Gasteiger partial charge in [0.05, 0.1) is 16.3 Å². The van der Waals surface area contributed by atoms with E-state index in [4.69, 9.17) is 4.98 Å². The molecule has 6 rings (SSSR count). The topological polar surface area (TPSA) is 109 Å². The van der Waals surface area contributed by atoms with Gasteiger partial charge in [0.25, 0.3) is 5.69 Å². The van der Waals surface area contributed by atoms with E-state index < -0.39 is 4.92 Å². The number of nitro benzene ring substituents is 1. The first-order valence-electron chi connectivity index (χ1n) is 10.9. The van der Waals surface area contributed by atoms with E-state index >= 15 is 0 Å². The third-order valence-corrected chi connectivity index (χ3v) is 6.19. The molecule has 0 spiro atoms. The summed E-state index contributed by atoms with van der Waals surface area (Å²) in [5.41, 5.74) is 6.13. The van der Waals surface area contributed by atoms with E-state index in [0.29, 0.717) is 28.2 Å². The highest BCUT2D eigenvalue weighted by atomic mass is 16.6. The summed E-state index contributed by atoms with van der Waals surface area (Å²) in [4.78, 5) is 32.1. The van der Waals surface area contributed by atoms with Crippen molar-refractivity contribution in [3.05, 3.63) is 112 Å². The van der Waals surface area contributed by atoms with Gasteiger partial charge >= 0.3 is 0 Å². The van der Waals surface area contributed by atoms with Gasteiger partial charge < -0.3 is 10.1 Å². The number of ketones is 1. The second kappa shape index (κ2) is 7.78. The van der Waals surface area contributed by atoms with Gasteiger partial charge in [-0.05, 0) is 47.5 Å². The van der Waals surface area contributed by atoms with E-state index in [1.165, 1.54) is 12.1 Å². The molecule has 5 aromatic rings. The first-order valence-corrected chi connectivity index (χ1v) is 10.9. The number of hydrogen-bond acceptors (Lipinski definition) is 5. The Balaban J connectivity index is 1.49. The zero-order valence-electron chi connectivity index (χ0n) is 18.2. The number of phenols is 1. The molecule has 1 aliphatic carbocycles. The maximum absolute atomic E-state index is 13.2. The van der Waals surface area contributed by atoms with Crippen molar-refractivity contribution in [2.75, 3.05) is 0 Å². The highest BCUT2D eigenvalue weighted by Gasteiger charge is 2.29. The zero-order valence-corrected chi connectivity index (χ0v) is 18.2. The predicted octanol–water partition coefficient (Wildman–Crippen LogP) is 6.24. The third kappa shape index (κ3) is 3.38. The zero-order chi connectivity index (χ0) is 24.1. The SMILES string of the molecule is O=C1c2cc(-c3nc(-c4ccc(O)cc4)[nH]c3-c3ccccc3)ccc2-c2ccc([N+](=O)[O-])cc21. The fourth-order valence-electron chi connectivity index (χ4n) is 4.48. The molecule has 0 aliphatic heterocycles. The smallest absolute Gasteiger partial charge is 0.270 e. The van der Waals surface area contributed by atoms with Crippen LogP contribution in [0.5, 0.6) is 5.75 Å². The van der Waals surface area contributed by atoms with Crippen LogP contribution in [0.1, 0.15) is 15.9 Å². The van der Waals surface area contributed by atoms with Gasteiger partial charge in [-0.25, -0.2) is 4.98 Å². The van der Waals surface area contributed by atoms with Crippen molar-refractivity contribution in [2.24, 2.45) is 0 Å². The van der Waals surface area contributed by atoms with E-state index in [1.54, 1.807) is 36.4 Å². The normalized spacial score (nSPS) is 11.8. The molecule has 0 saturated carbocycles. The van der Waals surface area contributed by atoms with Crippen molar-refractivity contribution in [3.63, 3.8) is 0 Å². The number of non-ortho nitro benzene ring substituents is 1. The summed E-state index contributed by atoms with van der Waals surface area (Å²) in [5.74, 6) is 0.557. The van der Waals surface area contributed by atoms with Crippen molar-refractivity contribution in [2.45, 2.75) is 0 Å². The van der Waals surface area contributed by atoms with E-state index in [0.717, 1.165) is 27.9 Å². The summed E-state index contributed by atoms with van der Waals surface area (Å²) < 4.78 is 0. The maximum atomic E-state index is 13.2. The molecule has 0 amide bonds. The number of aromatic nitrogens is 2. The summed E-state index contributed by atoms with van der Waals surface area (Å²) in [6.07, 6.45) is 0. The molecule has 35 heavy (non-hydrogen) atoms. The lowest BCUT2D eigenvalue weighted by Crippen LogP contribution is -1.97. The van der Waals surface area contributed by atoms with Crippen LogP contribution in [-0.2, 0) is 0 Å². The number of benzene rings is 4. The molecule has 2 N–H and O–H groups in total. The van der Waals surface area contributed by atoms with Crippen LogP contribution in [0.4, 0.5) is 5.69 Å². The number of aromatic amines is 1. The number of nitrogens with zero attached hydrogens (tertiary/aromatic N) is 2. The number of nitro groups is 1. The fraction of sp³-hybridized carbons (Fsp3) is 0. The molecule has 1 heterocycles. The quantitative estimate of drug-likeness (QED) is 0.240. The Bertz CT molecular complexity index is 1640. The van der Waals surface area contributed by atoms with Gasteiger partial charge in [0.15, 0.2) is 5.78 Å². The van der Waals surface area contributed by atoms with Crippen LogP contribution in [0, 0.1) is 10.1 Å². The standard InChI is InChI=1S/C28H17N3O4/c32-20-10-6-17(7-11-20)28-29-25(16-4-2-1-3-5-16)26(30-28)18-8-12-21-22-13-9-19(31(34)35)15-24(22)27(33)23(21)14-18/h1-15,32H,(H,29,30). The molecule has 0 radical (unpaired) electrons. The second-order valence-corrected chi connectivity index (χ2v) is 8.30. The summed E-state index contributed by atoms with van der Waals surface area (Å²) in [5, 5.41) is 20.9. The summed E-state index contributed by atoms with van der Waals surface area (Å²) in [7, 11) is 0. The Morgan fingerprint density at radius 3 is 2.11 bits per heavy atom. The van der Waals surface area contributed by atoms with Crippen LogP contribution < -0.4 is 0 Å². The molecular weight excluding hydrogens is 442 g/mol. The van der Waals surface area contributed by atoms with Crippen LogP contribution in [0.15, 0.2) is 91.0 Å². The molecule has 0 unspecified atom stereocenters. The average Bonchev–Trinajstić information content (AvgIpc) is 3.45. The van der Waals surface area contributed by atoms with Crippen molar-refractivity contribution in [3.8, 4) is 50.8 Å². The van der Waals surface area contributed by atoms with Crippen molar-refractivity contribution in [1.29, 1.82) is 0 Å². The lowest BCUT2D eigenvalue weighted by atomic mass is 9.99. The number of H-pyrrole nitrogens is 1. The minimum absolute atomic E-state index is 0.109. The molecule has 1 aromatic heterocycles. The molecule has 0 fully saturated rings. The monoisotopic (exact) mass is 459 g/mol. The fourth-order valence-corrected chi connectivity index (χ4v) is 4.48.